The molecule has 1 aromatic heterocycles. The predicted octanol–water partition coefficient (Wildman–Crippen LogP) is 3.96. The molecule has 4 heteroatoms. The number of aromatic nitrogens is 1. The normalized spacial score (nSPS) is 13.1. The van der Waals surface area contributed by atoms with E-state index in [0.717, 1.165) is 29.6 Å². The fraction of sp³-hybridized carbons (Fsp3) is 0.688. The summed E-state index contributed by atoms with van der Waals surface area (Å²) >= 11 is 6.24. The largest absolute Gasteiger partial charge is 0.357 e. The molecule has 0 aromatic carbocycles. The first-order valence-corrected chi connectivity index (χ1v) is 7.79. The van der Waals surface area contributed by atoms with E-state index in [-0.39, 0.29) is 0 Å². The lowest BCUT2D eigenvalue weighted by molar-refractivity contribution is 0.501. The third kappa shape index (κ3) is 4.95. The number of anilines is 1. The van der Waals surface area contributed by atoms with Gasteiger partial charge in [-0.3, -0.25) is 0 Å². The highest BCUT2D eigenvalue weighted by molar-refractivity contribution is 6.31. The first kappa shape index (κ1) is 17.3. The molecular weight excluding hydrogens is 270 g/mol. The summed E-state index contributed by atoms with van der Waals surface area (Å²) in [5.74, 6) is 2.19. The van der Waals surface area contributed by atoms with Crippen LogP contribution in [0, 0.1) is 11.8 Å². The lowest BCUT2D eigenvalue weighted by atomic mass is 10.1. The van der Waals surface area contributed by atoms with Crippen molar-refractivity contribution < 1.29 is 0 Å². The van der Waals surface area contributed by atoms with Crippen molar-refractivity contribution in [2.45, 2.75) is 47.2 Å². The van der Waals surface area contributed by atoms with Crippen LogP contribution in [0.2, 0.25) is 5.02 Å². The van der Waals surface area contributed by atoms with Gasteiger partial charge in [-0.25, -0.2) is 4.98 Å². The molecule has 0 aliphatic carbocycles. The monoisotopic (exact) mass is 297 g/mol. The fourth-order valence-corrected chi connectivity index (χ4v) is 2.10. The van der Waals surface area contributed by atoms with Gasteiger partial charge in [-0.15, -0.1) is 0 Å². The molecule has 3 nitrogen and oxygen atoms in total. The minimum absolute atomic E-state index is 0.445. The minimum Gasteiger partial charge on any atom is -0.357 e. The average Bonchev–Trinajstić information content (AvgIpc) is 2.38. The molecular formula is C16H28ClN3. The third-order valence-electron chi connectivity index (χ3n) is 3.69. The van der Waals surface area contributed by atoms with E-state index in [0.29, 0.717) is 17.9 Å². The van der Waals surface area contributed by atoms with E-state index < -0.39 is 0 Å². The van der Waals surface area contributed by atoms with Crippen LogP contribution in [0.15, 0.2) is 12.1 Å². The van der Waals surface area contributed by atoms with Crippen LogP contribution >= 0.6 is 11.6 Å². The summed E-state index contributed by atoms with van der Waals surface area (Å²) in [6, 6.07) is 4.38. The SMILES string of the molecule is CC(C)CNCc1nc(N(C)C(C)C(C)C)ccc1Cl. The third-order valence-corrected chi connectivity index (χ3v) is 4.03. The highest BCUT2D eigenvalue weighted by Crippen LogP contribution is 2.21. The summed E-state index contributed by atoms with van der Waals surface area (Å²) in [7, 11) is 2.09. The molecule has 1 unspecified atom stereocenters. The van der Waals surface area contributed by atoms with Gasteiger partial charge in [0.05, 0.1) is 10.7 Å². The Balaban J connectivity index is 2.80. The molecule has 0 fully saturated rings. The molecule has 0 radical (unpaired) electrons. The van der Waals surface area contributed by atoms with Crippen LogP contribution in [0.25, 0.3) is 0 Å². The van der Waals surface area contributed by atoms with Crippen molar-refractivity contribution >= 4 is 17.4 Å². The Hall–Kier alpha value is -0.800. The van der Waals surface area contributed by atoms with Gasteiger partial charge in [0.1, 0.15) is 5.82 Å². The first-order valence-electron chi connectivity index (χ1n) is 7.41. The second-order valence-corrected chi connectivity index (χ2v) is 6.63. The van der Waals surface area contributed by atoms with Gasteiger partial charge in [-0.1, -0.05) is 39.3 Å². The Morgan fingerprint density at radius 3 is 2.40 bits per heavy atom. The van der Waals surface area contributed by atoms with Crippen LogP contribution in [-0.2, 0) is 6.54 Å². The van der Waals surface area contributed by atoms with Crippen molar-refractivity contribution in [3.8, 4) is 0 Å². The van der Waals surface area contributed by atoms with Crippen molar-refractivity contribution in [2.75, 3.05) is 18.5 Å². The molecule has 0 aliphatic rings. The summed E-state index contributed by atoms with van der Waals surface area (Å²) in [6.07, 6.45) is 0. The van der Waals surface area contributed by atoms with Gasteiger partial charge < -0.3 is 10.2 Å². The van der Waals surface area contributed by atoms with Gasteiger partial charge in [0.2, 0.25) is 0 Å². The van der Waals surface area contributed by atoms with Crippen molar-refractivity contribution in [2.24, 2.45) is 11.8 Å². The molecule has 1 heterocycles. The van der Waals surface area contributed by atoms with Gasteiger partial charge in [0.15, 0.2) is 0 Å². The number of hydrogen-bond acceptors (Lipinski definition) is 3. The molecule has 1 N–H and O–H groups in total. The average molecular weight is 298 g/mol. The van der Waals surface area contributed by atoms with E-state index in [4.69, 9.17) is 16.6 Å². The lowest BCUT2D eigenvalue weighted by Gasteiger charge is -2.29. The number of nitrogens with one attached hydrogen (secondary N) is 1. The second-order valence-electron chi connectivity index (χ2n) is 6.22. The van der Waals surface area contributed by atoms with Crippen LogP contribution < -0.4 is 10.2 Å². The van der Waals surface area contributed by atoms with E-state index in [9.17, 15) is 0 Å². The molecule has 1 rings (SSSR count). The van der Waals surface area contributed by atoms with E-state index in [1.165, 1.54) is 0 Å². The molecule has 114 valence electrons. The molecule has 20 heavy (non-hydrogen) atoms. The zero-order valence-corrected chi connectivity index (χ0v) is 14.3. The molecule has 0 bridgehead atoms. The van der Waals surface area contributed by atoms with Crippen molar-refractivity contribution in [1.82, 2.24) is 10.3 Å². The maximum atomic E-state index is 6.24. The molecule has 0 saturated carbocycles. The molecule has 0 amide bonds. The predicted molar refractivity (Wildman–Crippen MR) is 88.5 cm³/mol. The quantitative estimate of drug-likeness (QED) is 0.825. The van der Waals surface area contributed by atoms with E-state index in [1.807, 2.05) is 12.1 Å². The molecule has 1 aromatic rings. The topological polar surface area (TPSA) is 28.2 Å². The number of nitrogens with zero attached hydrogens (tertiary/aromatic N) is 2. The molecule has 1 atom stereocenters. The van der Waals surface area contributed by atoms with E-state index >= 15 is 0 Å². The van der Waals surface area contributed by atoms with Gasteiger partial charge in [0.25, 0.3) is 0 Å². The van der Waals surface area contributed by atoms with Crippen molar-refractivity contribution in [3.63, 3.8) is 0 Å². The summed E-state index contributed by atoms with van der Waals surface area (Å²) in [5, 5.41) is 4.13. The molecule has 0 spiro atoms. The summed E-state index contributed by atoms with van der Waals surface area (Å²) in [6.45, 7) is 12.7. The number of rotatable bonds is 7. The van der Waals surface area contributed by atoms with Crippen LogP contribution in [0.1, 0.15) is 40.3 Å². The van der Waals surface area contributed by atoms with Crippen LogP contribution in [0.3, 0.4) is 0 Å². The van der Waals surface area contributed by atoms with Gasteiger partial charge in [-0.05, 0) is 37.4 Å². The van der Waals surface area contributed by atoms with E-state index in [1.54, 1.807) is 0 Å². The summed E-state index contributed by atoms with van der Waals surface area (Å²) in [4.78, 5) is 6.92. The Bertz CT molecular complexity index is 418. The minimum atomic E-state index is 0.445. The van der Waals surface area contributed by atoms with Gasteiger partial charge in [0, 0.05) is 19.6 Å². The standard InChI is InChI=1S/C16H28ClN3/c1-11(2)9-18-10-15-14(17)7-8-16(19-15)20(6)13(5)12(3)4/h7-8,11-13,18H,9-10H2,1-6H3. The number of halogens is 1. The molecule has 0 aliphatic heterocycles. The number of pyridine rings is 1. The van der Waals surface area contributed by atoms with Crippen LogP contribution in [0.5, 0.6) is 0 Å². The Morgan fingerprint density at radius 2 is 1.85 bits per heavy atom. The zero-order valence-electron chi connectivity index (χ0n) is 13.6. The number of hydrogen-bond donors (Lipinski definition) is 1. The fourth-order valence-electron chi connectivity index (χ4n) is 1.93. The van der Waals surface area contributed by atoms with Gasteiger partial charge in [-0.2, -0.15) is 0 Å². The second kappa shape index (κ2) is 7.84. The Kier molecular flexibility index (Phi) is 6.77. The summed E-state index contributed by atoms with van der Waals surface area (Å²) < 4.78 is 0. The van der Waals surface area contributed by atoms with Crippen molar-refractivity contribution in [3.05, 3.63) is 22.8 Å². The molecule has 0 saturated heterocycles. The lowest BCUT2D eigenvalue weighted by Crippen LogP contribution is -2.34. The van der Waals surface area contributed by atoms with Crippen LogP contribution in [0.4, 0.5) is 5.82 Å². The van der Waals surface area contributed by atoms with Crippen molar-refractivity contribution in [1.29, 1.82) is 0 Å². The van der Waals surface area contributed by atoms with Crippen LogP contribution in [-0.4, -0.2) is 24.6 Å². The summed E-state index contributed by atoms with van der Waals surface area (Å²) in [5.41, 5.74) is 0.924. The van der Waals surface area contributed by atoms with Gasteiger partial charge >= 0.3 is 0 Å². The Morgan fingerprint density at radius 1 is 1.20 bits per heavy atom. The highest BCUT2D eigenvalue weighted by Gasteiger charge is 2.15. The highest BCUT2D eigenvalue weighted by atomic mass is 35.5. The first-order chi connectivity index (χ1) is 9.32. The maximum Gasteiger partial charge on any atom is 0.128 e. The smallest absolute Gasteiger partial charge is 0.128 e. The zero-order chi connectivity index (χ0) is 15.3. The van der Waals surface area contributed by atoms with E-state index in [2.05, 4.69) is 51.9 Å². The Labute approximate surface area is 128 Å². The maximum absolute atomic E-state index is 6.24.